The third-order valence-corrected chi connectivity index (χ3v) is 3.59. The lowest BCUT2D eigenvalue weighted by molar-refractivity contribution is -0.188. The molecule has 0 aliphatic carbocycles. The van der Waals surface area contributed by atoms with E-state index in [4.69, 9.17) is 21.2 Å². The molecule has 0 saturated carbocycles. The molecule has 2 bridgehead atoms. The van der Waals surface area contributed by atoms with Gasteiger partial charge in [-0.05, 0) is 13.0 Å². The van der Waals surface area contributed by atoms with E-state index in [0.717, 1.165) is 5.06 Å². The summed E-state index contributed by atoms with van der Waals surface area (Å²) in [6.07, 6.45) is 4.71. The Morgan fingerprint density at radius 3 is 2.44 bits per heavy atom. The van der Waals surface area contributed by atoms with Crippen molar-refractivity contribution in [2.75, 3.05) is 6.61 Å². The molecule has 0 radical (unpaired) electrons. The first-order valence-electron chi connectivity index (χ1n) is 5.76. The minimum atomic E-state index is -0.423. The van der Waals surface area contributed by atoms with E-state index in [1.165, 1.54) is 0 Å². The molecule has 0 N–H and O–H groups in total. The monoisotopic (exact) mass is 269 g/mol. The number of nitrogens with zero attached hydrogens (tertiary/aromatic N) is 1. The van der Waals surface area contributed by atoms with Crippen LogP contribution in [-0.4, -0.2) is 35.7 Å². The summed E-state index contributed by atoms with van der Waals surface area (Å²) in [6, 6.07) is 0. The first-order chi connectivity index (χ1) is 8.59. The topological polar surface area (TPSA) is 55.8 Å². The molecular formula is C12H12ClNO4. The third kappa shape index (κ3) is 1.62. The highest BCUT2D eigenvalue weighted by Crippen LogP contribution is 2.45. The van der Waals surface area contributed by atoms with Crippen molar-refractivity contribution >= 4 is 23.4 Å². The van der Waals surface area contributed by atoms with Crippen LogP contribution in [0, 0.1) is 11.8 Å². The number of carbonyl (C=O) groups excluding carboxylic acids is 2. The Morgan fingerprint density at radius 1 is 1.39 bits per heavy atom. The second-order valence-electron chi connectivity index (χ2n) is 4.56. The Labute approximate surface area is 109 Å². The van der Waals surface area contributed by atoms with E-state index < -0.39 is 11.8 Å². The van der Waals surface area contributed by atoms with Gasteiger partial charge in [-0.1, -0.05) is 23.8 Å². The SMILES string of the molecule is C/C(Cl)=C/CON1C(=O)[C@@H]2[C@H](C1=O)[C@H]1C=C[C@@H]2O1. The summed E-state index contributed by atoms with van der Waals surface area (Å²) < 4.78 is 5.50. The molecule has 18 heavy (non-hydrogen) atoms. The van der Waals surface area contributed by atoms with Gasteiger partial charge in [0, 0.05) is 5.03 Å². The van der Waals surface area contributed by atoms with E-state index >= 15 is 0 Å². The van der Waals surface area contributed by atoms with Crippen LogP contribution in [-0.2, 0) is 19.2 Å². The van der Waals surface area contributed by atoms with Crippen LogP contribution < -0.4 is 0 Å². The molecule has 2 amide bonds. The normalized spacial score (nSPS) is 37.9. The van der Waals surface area contributed by atoms with Gasteiger partial charge in [-0.3, -0.25) is 14.4 Å². The maximum absolute atomic E-state index is 12.1. The molecule has 2 saturated heterocycles. The van der Waals surface area contributed by atoms with Crippen molar-refractivity contribution in [3.05, 3.63) is 23.3 Å². The molecule has 3 aliphatic rings. The molecule has 3 rings (SSSR count). The van der Waals surface area contributed by atoms with Crippen LogP contribution in [0.3, 0.4) is 0 Å². The summed E-state index contributed by atoms with van der Waals surface area (Å²) in [7, 11) is 0. The van der Waals surface area contributed by atoms with E-state index in [9.17, 15) is 9.59 Å². The fourth-order valence-electron chi connectivity index (χ4n) is 2.63. The summed E-state index contributed by atoms with van der Waals surface area (Å²) in [5.41, 5.74) is 0. The van der Waals surface area contributed by atoms with Gasteiger partial charge in [-0.15, -0.1) is 0 Å². The number of ether oxygens (including phenoxy) is 1. The average Bonchev–Trinajstić information content (AvgIpc) is 2.97. The van der Waals surface area contributed by atoms with Crippen molar-refractivity contribution in [2.45, 2.75) is 19.1 Å². The quantitative estimate of drug-likeness (QED) is 0.567. The van der Waals surface area contributed by atoms with Gasteiger partial charge in [0.2, 0.25) is 0 Å². The molecule has 0 unspecified atom stereocenters. The van der Waals surface area contributed by atoms with Gasteiger partial charge in [0.25, 0.3) is 11.8 Å². The largest absolute Gasteiger partial charge is 0.365 e. The number of hydrogen-bond donors (Lipinski definition) is 0. The van der Waals surface area contributed by atoms with E-state index in [2.05, 4.69) is 0 Å². The van der Waals surface area contributed by atoms with Crippen LogP contribution in [0.5, 0.6) is 0 Å². The smallest absolute Gasteiger partial charge is 0.260 e. The molecular weight excluding hydrogens is 258 g/mol. The number of hydrogen-bond acceptors (Lipinski definition) is 4. The van der Waals surface area contributed by atoms with Gasteiger partial charge in [0.05, 0.1) is 30.7 Å². The maximum Gasteiger partial charge on any atom is 0.260 e. The van der Waals surface area contributed by atoms with Crippen molar-refractivity contribution in [3.8, 4) is 0 Å². The van der Waals surface area contributed by atoms with Gasteiger partial charge < -0.3 is 4.74 Å². The molecule has 3 aliphatic heterocycles. The zero-order valence-electron chi connectivity index (χ0n) is 9.71. The number of rotatable bonds is 3. The Kier molecular flexibility index (Phi) is 2.77. The lowest BCUT2D eigenvalue weighted by atomic mass is 9.85. The minimum Gasteiger partial charge on any atom is -0.365 e. The van der Waals surface area contributed by atoms with Gasteiger partial charge >= 0.3 is 0 Å². The van der Waals surface area contributed by atoms with E-state index in [1.54, 1.807) is 13.0 Å². The fraction of sp³-hybridized carbons (Fsp3) is 0.500. The first kappa shape index (κ1) is 11.9. The summed E-state index contributed by atoms with van der Waals surface area (Å²) in [6.45, 7) is 1.81. The van der Waals surface area contributed by atoms with E-state index in [-0.39, 0.29) is 30.6 Å². The van der Waals surface area contributed by atoms with Crippen LogP contribution in [0.25, 0.3) is 0 Å². The van der Waals surface area contributed by atoms with Crippen molar-refractivity contribution in [1.82, 2.24) is 5.06 Å². The summed E-state index contributed by atoms with van der Waals surface area (Å²) in [4.78, 5) is 29.3. The lowest BCUT2D eigenvalue weighted by Crippen LogP contribution is -2.34. The van der Waals surface area contributed by atoms with Crippen molar-refractivity contribution in [2.24, 2.45) is 11.8 Å². The Morgan fingerprint density at radius 2 is 1.94 bits per heavy atom. The molecule has 4 atom stereocenters. The van der Waals surface area contributed by atoms with Gasteiger partial charge in [0.15, 0.2) is 0 Å². The van der Waals surface area contributed by atoms with Crippen molar-refractivity contribution in [3.63, 3.8) is 0 Å². The number of hydroxylamine groups is 2. The Bertz CT molecular complexity index is 439. The van der Waals surface area contributed by atoms with E-state index in [1.807, 2.05) is 12.2 Å². The van der Waals surface area contributed by atoms with Crippen LogP contribution in [0.2, 0.25) is 0 Å². The lowest BCUT2D eigenvalue weighted by Gasteiger charge is -2.15. The highest BCUT2D eigenvalue weighted by molar-refractivity contribution is 6.29. The molecule has 6 heteroatoms. The van der Waals surface area contributed by atoms with Crippen LogP contribution >= 0.6 is 11.6 Å². The maximum atomic E-state index is 12.1. The minimum absolute atomic E-state index is 0.107. The molecule has 2 fully saturated rings. The molecule has 0 aromatic carbocycles. The number of imide groups is 1. The molecule has 5 nitrogen and oxygen atoms in total. The standard InChI is InChI=1S/C12H12ClNO4/c1-6(13)4-5-17-14-11(15)9-7-2-3-8(18-7)10(9)12(14)16/h2-4,7-10H,5H2,1H3/b6-4-/t7-,8+,9-,10+. The van der Waals surface area contributed by atoms with Gasteiger partial charge in [-0.25, -0.2) is 0 Å². The van der Waals surface area contributed by atoms with Crippen LogP contribution in [0.4, 0.5) is 0 Å². The average molecular weight is 270 g/mol. The highest BCUT2D eigenvalue weighted by atomic mass is 35.5. The third-order valence-electron chi connectivity index (χ3n) is 3.44. The summed E-state index contributed by atoms with van der Waals surface area (Å²) in [5, 5.41) is 1.42. The molecule has 96 valence electrons. The first-order valence-corrected chi connectivity index (χ1v) is 6.14. The zero-order valence-corrected chi connectivity index (χ0v) is 10.5. The zero-order chi connectivity index (χ0) is 12.9. The summed E-state index contributed by atoms with van der Waals surface area (Å²) >= 11 is 5.65. The second-order valence-corrected chi connectivity index (χ2v) is 5.16. The molecule has 0 aromatic rings. The van der Waals surface area contributed by atoms with E-state index in [0.29, 0.717) is 5.03 Å². The predicted molar refractivity (Wildman–Crippen MR) is 62.2 cm³/mol. The fourth-order valence-corrected chi connectivity index (χ4v) is 2.69. The number of allylic oxidation sites excluding steroid dienone is 1. The number of amides is 2. The Hall–Kier alpha value is -1.17. The van der Waals surface area contributed by atoms with Gasteiger partial charge in [-0.2, -0.15) is 5.06 Å². The molecule has 3 heterocycles. The number of fused-ring (bicyclic) bond motifs is 5. The summed E-state index contributed by atoms with van der Waals surface area (Å²) in [5.74, 6) is -1.48. The molecule has 0 aromatic heterocycles. The van der Waals surface area contributed by atoms with Crippen molar-refractivity contribution in [1.29, 1.82) is 0 Å². The van der Waals surface area contributed by atoms with Crippen molar-refractivity contribution < 1.29 is 19.2 Å². The van der Waals surface area contributed by atoms with Crippen LogP contribution in [0.1, 0.15) is 6.92 Å². The number of carbonyl (C=O) groups is 2. The van der Waals surface area contributed by atoms with Gasteiger partial charge in [0.1, 0.15) is 0 Å². The van der Waals surface area contributed by atoms with Crippen LogP contribution in [0.15, 0.2) is 23.3 Å². The second kappa shape index (κ2) is 4.19. The number of halogens is 1. The Balaban J connectivity index is 1.74. The predicted octanol–water partition coefficient (Wildman–Crippen LogP) is 0.999. The highest BCUT2D eigenvalue weighted by Gasteiger charge is 2.61. The molecule has 0 spiro atoms.